The molecule has 0 unspecified atom stereocenters. The van der Waals surface area contributed by atoms with Gasteiger partial charge in [0.2, 0.25) is 5.91 Å². The molecule has 6 N–H and O–H groups in total. The predicted octanol–water partition coefficient (Wildman–Crippen LogP) is 3.42. The van der Waals surface area contributed by atoms with E-state index in [2.05, 4.69) is 24.5 Å². The summed E-state index contributed by atoms with van der Waals surface area (Å²) in [4.78, 5) is 15.1. The molecule has 1 amide bonds. The van der Waals surface area contributed by atoms with Crippen LogP contribution in [0.25, 0.3) is 6.08 Å². The van der Waals surface area contributed by atoms with Gasteiger partial charge in [-0.3, -0.25) is 4.79 Å². The van der Waals surface area contributed by atoms with Crippen LogP contribution in [0.1, 0.15) is 31.7 Å². The summed E-state index contributed by atoms with van der Waals surface area (Å²) in [6, 6.07) is 5.83. The maximum atomic E-state index is 10.8. The topological polar surface area (TPSA) is 107 Å². The average molecular weight is 417 g/mol. The van der Waals surface area contributed by atoms with Crippen molar-refractivity contribution in [3.8, 4) is 0 Å². The first-order chi connectivity index (χ1) is 13.8. The van der Waals surface area contributed by atoms with Gasteiger partial charge in [-0.2, -0.15) is 0 Å². The number of allylic oxidation sites excluding steroid dienone is 5. The Morgan fingerprint density at radius 3 is 2.33 bits per heavy atom. The molecule has 0 saturated carbocycles. The Kier molecular flexibility index (Phi) is 17.8. The summed E-state index contributed by atoms with van der Waals surface area (Å²) >= 11 is 0. The second kappa shape index (κ2) is 18.2. The molecule has 0 heterocycles. The zero-order valence-electron chi connectivity index (χ0n) is 19.0. The molecule has 0 aliphatic heterocycles. The predicted molar refractivity (Wildman–Crippen MR) is 133 cm³/mol. The SMILES string of the molecule is C=C/C=C\C=C\CCCN(CCC)c1ccc(/C=C/C(N)=O)cc1N.CN(C)C.O. The van der Waals surface area contributed by atoms with Crippen molar-refractivity contribution < 1.29 is 10.3 Å². The molecule has 0 radical (unpaired) electrons. The van der Waals surface area contributed by atoms with E-state index in [1.807, 2.05) is 62.5 Å². The monoisotopic (exact) mass is 416 g/mol. The summed E-state index contributed by atoms with van der Waals surface area (Å²) in [7, 11) is 6.00. The Bertz CT molecular complexity index is 692. The Morgan fingerprint density at radius 1 is 1.13 bits per heavy atom. The molecular formula is C24H40N4O2. The fourth-order valence-electron chi connectivity index (χ4n) is 2.48. The molecule has 0 aromatic heterocycles. The molecule has 0 spiro atoms. The minimum atomic E-state index is -0.466. The summed E-state index contributed by atoms with van der Waals surface area (Å²) in [5.41, 5.74) is 14.0. The molecule has 1 rings (SSSR count). The highest BCUT2D eigenvalue weighted by Crippen LogP contribution is 2.25. The van der Waals surface area contributed by atoms with Crippen molar-refractivity contribution in [2.45, 2.75) is 26.2 Å². The van der Waals surface area contributed by atoms with Crippen molar-refractivity contribution >= 4 is 23.4 Å². The fourth-order valence-corrected chi connectivity index (χ4v) is 2.48. The van der Waals surface area contributed by atoms with E-state index in [1.54, 1.807) is 12.2 Å². The highest BCUT2D eigenvalue weighted by molar-refractivity contribution is 5.90. The highest BCUT2D eigenvalue weighted by atomic mass is 16.1. The summed E-state index contributed by atoms with van der Waals surface area (Å²) in [5.74, 6) is -0.466. The van der Waals surface area contributed by atoms with Crippen LogP contribution < -0.4 is 16.4 Å². The molecule has 0 saturated heterocycles. The number of anilines is 2. The number of primary amides is 1. The van der Waals surface area contributed by atoms with Gasteiger partial charge in [-0.05, 0) is 64.2 Å². The van der Waals surface area contributed by atoms with Gasteiger partial charge in [0.05, 0.1) is 11.4 Å². The first-order valence-electron chi connectivity index (χ1n) is 9.98. The lowest BCUT2D eigenvalue weighted by Gasteiger charge is -2.26. The minimum absolute atomic E-state index is 0. The number of rotatable bonds is 11. The second-order valence-corrected chi connectivity index (χ2v) is 7.07. The third kappa shape index (κ3) is 15.1. The van der Waals surface area contributed by atoms with Crippen molar-refractivity contribution in [2.24, 2.45) is 5.73 Å². The summed E-state index contributed by atoms with van der Waals surface area (Å²) < 4.78 is 0. The third-order valence-electron chi connectivity index (χ3n) is 3.62. The van der Waals surface area contributed by atoms with Gasteiger partial charge in [-0.1, -0.05) is 49.9 Å². The Hall–Kier alpha value is -2.83. The standard InChI is InChI=1S/C21H29N3O.C3H9N.H2O/c1-3-5-6-7-8-9-10-16-24(15-4-2)20-13-11-18(17-19(20)22)12-14-21(23)25;1-4(2)3;/h3,5-8,11-14,17H,1,4,9-10,15-16,22H2,2H3,(H2,23,25);1-3H3;1H2/b6-5-,8-7+,14-12+;;. The number of benzene rings is 1. The van der Waals surface area contributed by atoms with Gasteiger partial charge in [0.1, 0.15) is 0 Å². The van der Waals surface area contributed by atoms with Crippen LogP contribution in [-0.4, -0.2) is 50.5 Å². The molecule has 1 aromatic rings. The average Bonchev–Trinajstić information content (AvgIpc) is 2.64. The Morgan fingerprint density at radius 2 is 1.80 bits per heavy atom. The van der Waals surface area contributed by atoms with E-state index in [9.17, 15) is 4.79 Å². The lowest BCUT2D eigenvalue weighted by molar-refractivity contribution is -0.113. The number of nitrogens with zero attached hydrogens (tertiary/aromatic N) is 2. The van der Waals surface area contributed by atoms with Crippen molar-refractivity contribution in [2.75, 3.05) is 44.9 Å². The third-order valence-corrected chi connectivity index (χ3v) is 3.62. The molecule has 6 heteroatoms. The van der Waals surface area contributed by atoms with Crippen LogP contribution in [-0.2, 0) is 4.79 Å². The molecule has 0 fully saturated rings. The summed E-state index contributed by atoms with van der Waals surface area (Å²) in [5, 5.41) is 0. The van der Waals surface area contributed by atoms with Crippen LogP contribution in [0.3, 0.4) is 0 Å². The zero-order valence-corrected chi connectivity index (χ0v) is 19.0. The van der Waals surface area contributed by atoms with E-state index < -0.39 is 5.91 Å². The lowest BCUT2D eigenvalue weighted by Crippen LogP contribution is -2.26. The molecule has 0 aliphatic carbocycles. The first-order valence-corrected chi connectivity index (χ1v) is 9.98. The molecule has 6 nitrogen and oxygen atoms in total. The van der Waals surface area contributed by atoms with Gasteiger partial charge in [0.15, 0.2) is 0 Å². The van der Waals surface area contributed by atoms with E-state index in [0.717, 1.165) is 43.6 Å². The maximum absolute atomic E-state index is 10.8. The highest BCUT2D eigenvalue weighted by Gasteiger charge is 2.09. The van der Waals surface area contributed by atoms with Crippen molar-refractivity contribution in [3.05, 3.63) is 66.8 Å². The van der Waals surface area contributed by atoms with Gasteiger partial charge in [-0.15, -0.1) is 0 Å². The molecule has 0 aliphatic rings. The maximum Gasteiger partial charge on any atom is 0.241 e. The van der Waals surface area contributed by atoms with Crippen molar-refractivity contribution in [3.63, 3.8) is 0 Å². The van der Waals surface area contributed by atoms with E-state index in [-0.39, 0.29) is 5.48 Å². The van der Waals surface area contributed by atoms with Gasteiger partial charge >= 0.3 is 0 Å². The molecule has 168 valence electrons. The van der Waals surface area contributed by atoms with Crippen LogP contribution in [0, 0.1) is 0 Å². The van der Waals surface area contributed by atoms with Crippen molar-refractivity contribution in [1.29, 1.82) is 0 Å². The van der Waals surface area contributed by atoms with E-state index in [0.29, 0.717) is 5.69 Å². The largest absolute Gasteiger partial charge is 0.412 e. The molecule has 0 bridgehead atoms. The van der Waals surface area contributed by atoms with E-state index in [4.69, 9.17) is 11.5 Å². The van der Waals surface area contributed by atoms with E-state index in [1.165, 1.54) is 6.08 Å². The molecule has 30 heavy (non-hydrogen) atoms. The lowest BCUT2D eigenvalue weighted by atomic mass is 10.1. The van der Waals surface area contributed by atoms with Crippen LogP contribution >= 0.6 is 0 Å². The minimum Gasteiger partial charge on any atom is -0.412 e. The molecular weight excluding hydrogens is 376 g/mol. The Balaban J connectivity index is 0. The van der Waals surface area contributed by atoms with Crippen molar-refractivity contribution in [1.82, 2.24) is 4.90 Å². The van der Waals surface area contributed by atoms with E-state index >= 15 is 0 Å². The zero-order chi connectivity index (χ0) is 22.1. The first kappa shape index (κ1) is 29.4. The quantitative estimate of drug-likeness (QED) is 0.249. The number of carbonyl (C=O) groups excluding carboxylic acids is 1. The number of hydrogen-bond donors (Lipinski definition) is 2. The summed E-state index contributed by atoms with van der Waals surface area (Å²) in [6.45, 7) is 7.71. The number of nitrogen functional groups attached to an aromatic ring is 1. The Labute approximate surface area is 182 Å². The van der Waals surface area contributed by atoms with Crippen LogP contribution in [0.5, 0.6) is 0 Å². The molecule has 0 atom stereocenters. The number of hydrogen-bond acceptors (Lipinski definition) is 4. The van der Waals surface area contributed by atoms with Gasteiger partial charge < -0.3 is 26.7 Å². The molecule has 1 aromatic carbocycles. The van der Waals surface area contributed by atoms with Gasteiger partial charge in [0.25, 0.3) is 0 Å². The smallest absolute Gasteiger partial charge is 0.241 e. The van der Waals surface area contributed by atoms with Crippen LogP contribution in [0.4, 0.5) is 11.4 Å². The number of unbranched alkanes of at least 4 members (excludes halogenated alkanes) is 1. The van der Waals surface area contributed by atoms with Crippen LogP contribution in [0.15, 0.2) is 61.2 Å². The van der Waals surface area contributed by atoms with Gasteiger partial charge in [-0.25, -0.2) is 0 Å². The second-order valence-electron chi connectivity index (χ2n) is 7.07. The number of nitrogens with two attached hydrogens (primary N) is 2. The summed E-state index contributed by atoms with van der Waals surface area (Å²) in [6.07, 6.45) is 16.0. The normalized spacial score (nSPS) is 10.8. The van der Waals surface area contributed by atoms with Crippen LogP contribution in [0.2, 0.25) is 0 Å². The fraction of sp³-hybridized carbons (Fsp3) is 0.375. The number of amides is 1. The van der Waals surface area contributed by atoms with Gasteiger partial charge in [0, 0.05) is 19.2 Å². The number of carbonyl (C=O) groups is 1.